The molecule has 1 aliphatic carbocycles. The van der Waals surface area contributed by atoms with E-state index in [4.69, 9.17) is 9.36 Å². The van der Waals surface area contributed by atoms with Gasteiger partial charge in [-0.15, -0.1) is 0 Å². The molecule has 1 heterocycles. The standard InChI is InChI=1S/C10H10NO4P/c1-7-3-4-8(10(13)9(7)12)15-11-5-2-6-14-16-11/h2,4-5,16H,1,3,6H2. The molecule has 84 valence electrons. The fourth-order valence-electron chi connectivity index (χ4n) is 1.23. The lowest BCUT2D eigenvalue weighted by molar-refractivity contribution is -0.137. The van der Waals surface area contributed by atoms with Gasteiger partial charge in [-0.1, -0.05) is 6.58 Å². The largest absolute Gasteiger partial charge is 0.371 e. The van der Waals surface area contributed by atoms with Crippen LogP contribution in [0.25, 0.3) is 0 Å². The zero-order valence-corrected chi connectivity index (χ0v) is 9.43. The lowest BCUT2D eigenvalue weighted by Gasteiger charge is -2.24. The van der Waals surface area contributed by atoms with Crippen LogP contribution >= 0.6 is 8.96 Å². The molecular weight excluding hydrogens is 229 g/mol. The van der Waals surface area contributed by atoms with Gasteiger partial charge in [0.1, 0.15) is 0 Å². The van der Waals surface area contributed by atoms with Crippen LogP contribution in [-0.4, -0.2) is 23.0 Å². The Kier molecular flexibility index (Phi) is 3.17. The van der Waals surface area contributed by atoms with Crippen LogP contribution in [0.3, 0.4) is 0 Å². The van der Waals surface area contributed by atoms with Crippen molar-refractivity contribution in [2.45, 2.75) is 6.42 Å². The van der Waals surface area contributed by atoms with E-state index in [0.717, 1.165) is 0 Å². The van der Waals surface area contributed by atoms with Gasteiger partial charge in [0.15, 0.2) is 8.96 Å². The van der Waals surface area contributed by atoms with Crippen LogP contribution in [0.15, 0.2) is 36.3 Å². The lowest BCUT2D eigenvalue weighted by Crippen LogP contribution is -2.26. The predicted octanol–water partition coefficient (Wildman–Crippen LogP) is 1.25. The first-order valence-electron chi connectivity index (χ1n) is 4.67. The highest BCUT2D eigenvalue weighted by Gasteiger charge is 2.28. The van der Waals surface area contributed by atoms with E-state index >= 15 is 0 Å². The van der Waals surface area contributed by atoms with Gasteiger partial charge in [0.25, 0.3) is 5.78 Å². The van der Waals surface area contributed by atoms with E-state index in [9.17, 15) is 9.59 Å². The third-order valence-corrected chi connectivity index (χ3v) is 2.77. The summed E-state index contributed by atoms with van der Waals surface area (Å²) in [5, 5.41) is 0. The SMILES string of the molecule is C=C1CC=C(ON2C=CCOP2)C(=O)C1=O. The average molecular weight is 239 g/mol. The Labute approximate surface area is 94.3 Å². The van der Waals surface area contributed by atoms with Crippen LogP contribution in [0.2, 0.25) is 0 Å². The van der Waals surface area contributed by atoms with Gasteiger partial charge in [0.05, 0.1) is 6.61 Å². The third kappa shape index (κ3) is 2.21. The van der Waals surface area contributed by atoms with E-state index in [1.54, 1.807) is 18.4 Å². The molecule has 2 aliphatic rings. The smallest absolute Gasteiger partial charge is 0.270 e. The predicted molar refractivity (Wildman–Crippen MR) is 58.2 cm³/mol. The zero-order valence-electron chi connectivity index (χ0n) is 8.43. The Bertz CT molecular complexity index is 413. The second kappa shape index (κ2) is 4.60. The summed E-state index contributed by atoms with van der Waals surface area (Å²) in [7, 11) is -0.00961. The van der Waals surface area contributed by atoms with Crippen molar-refractivity contribution in [1.29, 1.82) is 0 Å². The van der Waals surface area contributed by atoms with Gasteiger partial charge in [-0.05, 0) is 18.6 Å². The molecule has 0 aromatic rings. The van der Waals surface area contributed by atoms with Crippen molar-refractivity contribution in [2.24, 2.45) is 0 Å². The molecule has 0 N–H and O–H groups in total. The molecule has 2 rings (SSSR count). The summed E-state index contributed by atoms with van der Waals surface area (Å²) in [6.45, 7) is 4.03. The first-order chi connectivity index (χ1) is 7.68. The van der Waals surface area contributed by atoms with E-state index < -0.39 is 11.6 Å². The fourth-order valence-corrected chi connectivity index (χ4v) is 1.83. The number of allylic oxidation sites excluding steroid dienone is 3. The molecular formula is C10H10NO4P. The van der Waals surface area contributed by atoms with E-state index in [-0.39, 0.29) is 14.7 Å². The highest BCUT2D eigenvalue weighted by molar-refractivity contribution is 7.29. The summed E-state index contributed by atoms with van der Waals surface area (Å²) in [6, 6.07) is 0. The maximum atomic E-state index is 11.5. The van der Waals surface area contributed by atoms with Gasteiger partial charge < -0.3 is 9.36 Å². The number of carbonyl (C=O) groups is 2. The monoisotopic (exact) mass is 239 g/mol. The van der Waals surface area contributed by atoms with E-state index in [2.05, 4.69) is 6.58 Å². The summed E-state index contributed by atoms with van der Waals surface area (Å²) >= 11 is 0. The molecule has 0 aromatic carbocycles. The van der Waals surface area contributed by atoms with Crippen LogP contribution in [-0.2, 0) is 19.0 Å². The first kappa shape index (κ1) is 11.0. The van der Waals surface area contributed by atoms with Gasteiger partial charge in [-0.25, -0.2) is 0 Å². The molecule has 6 heteroatoms. The van der Waals surface area contributed by atoms with Crippen molar-refractivity contribution in [1.82, 2.24) is 4.83 Å². The number of nitrogens with zero attached hydrogens (tertiary/aromatic N) is 1. The molecule has 0 spiro atoms. The minimum absolute atomic E-state index is 0.00961. The number of hydrogen-bond donors (Lipinski definition) is 0. The van der Waals surface area contributed by atoms with E-state index in [1.165, 1.54) is 4.83 Å². The number of Topliss-reactive ketones (excluding diaryl/α,β-unsaturated/α-hetero) is 2. The van der Waals surface area contributed by atoms with Crippen LogP contribution in [0.4, 0.5) is 0 Å². The molecule has 5 nitrogen and oxygen atoms in total. The maximum absolute atomic E-state index is 11.5. The number of rotatable bonds is 2. The molecule has 16 heavy (non-hydrogen) atoms. The van der Waals surface area contributed by atoms with Crippen molar-refractivity contribution >= 4 is 20.5 Å². The second-order valence-corrected chi connectivity index (χ2v) is 4.15. The van der Waals surface area contributed by atoms with Gasteiger partial charge in [-0.3, -0.25) is 9.59 Å². The van der Waals surface area contributed by atoms with Gasteiger partial charge in [0, 0.05) is 11.8 Å². The average Bonchev–Trinajstić information content (AvgIpc) is 2.31. The molecule has 0 amide bonds. The molecule has 0 saturated heterocycles. The van der Waals surface area contributed by atoms with Gasteiger partial charge in [-0.2, -0.15) is 4.83 Å². The number of ketones is 2. The minimum Gasteiger partial charge on any atom is -0.371 e. The normalized spacial score (nSPS) is 22.6. The molecule has 1 unspecified atom stereocenters. The topological polar surface area (TPSA) is 55.8 Å². The maximum Gasteiger partial charge on any atom is 0.270 e. The van der Waals surface area contributed by atoms with Crippen molar-refractivity contribution in [3.8, 4) is 0 Å². The molecule has 1 aliphatic heterocycles. The van der Waals surface area contributed by atoms with Crippen LogP contribution in [0.5, 0.6) is 0 Å². The lowest BCUT2D eigenvalue weighted by atomic mass is 9.99. The van der Waals surface area contributed by atoms with Crippen LogP contribution in [0, 0.1) is 0 Å². The summed E-state index contributed by atoms with van der Waals surface area (Å²) in [5.41, 5.74) is 0.297. The fraction of sp³-hybridized carbons (Fsp3) is 0.200. The van der Waals surface area contributed by atoms with E-state index in [0.29, 0.717) is 18.6 Å². The number of carbonyl (C=O) groups excluding carboxylic acids is 2. The summed E-state index contributed by atoms with van der Waals surface area (Å²) in [5.74, 6) is -1.19. The third-order valence-electron chi connectivity index (χ3n) is 2.06. The van der Waals surface area contributed by atoms with E-state index in [1.807, 2.05) is 0 Å². The Morgan fingerprint density at radius 1 is 1.44 bits per heavy atom. The highest BCUT2D eigenvalue weighted by atomic mass is 31.1. The molecule has 0 fully saturated rings. The summed E-state index contributed by atoms with van der Waals surface area (Å²) in [4.78, 5) is 29.5. The quantitative estimate of drug-likeness (QED) is 0.412. The van der Waals surface area contributed by atoms with Crippen LogP contribution < -0.4 is 0 Å². The number of hydroxylamine groups is 1. The van der Waals surface area contributed by atoms with Crippen molar-refractivity contribution in [2.75, 3.05) is 6.61 Å². The summed E-state index contributed by atoms with van der Waals surface area (Å²) < 4.78 is 5.11. The molecule has 0 saturated carbocycles. The first-order valence-corrected chi connectivity index (χ1v) is 5.52. The Hall–Kier alpha value is -1.45. The molecule has 0 aromatic heterocycles. The second-order valence-electron chi connectivity index (χ2n) is 3.24. The molecule has 0 bridgehead atoms. The molecule has 0 radical (unpaired) electrons. The van der Waals surface area contributed by atoms with Crippen molar-refractivity contribution < 1.29 is 19.0 Å². The van der Waals surface area contributed by atoms with Gasteiger partial charge in [0.2, 0.25) is 11.5 Å². The minimum atomic E-state index is -0.653. The van der Waals surface area contributed by atoms with Crippen LogP contribution in [0.1, 0.15) is 6.42 Å². The summed E-state index contributed by atoms with van der Waals surface area (Å²) in [6.07, 6.45) is 5.33. The Morgan fingerprint density at radius 3 is 2.94 bits per heavy atom. The van der Waals surface area contributed by atoms with Crippen molar-refractivity contribution in [3.63, 3.8) is 0 Å². The Morgan fingerprint density at radius 2 is 2.25 bits per heavy atom. The van der Waals surface area contributed by atoms with Gasteiger partial charge >= 0.3 is 0 Å². The zero-order chi connectivity index (χ0) is 11.5. The number of hydrogen-bond acceptors (Lipinski definition) is 5. The Balaban J connectivity index is 2.07. The van der Waals surface area contributed by atoms with Crippen molar-refractivity contribution in [3.05, 3.63) is 36.3 Å². The highest BCUT2D eigenvalue weighted by Crippen LogP contribution is 2.27. The molecule has 1 atom stereocenters.